The SMILES string of the molecule is CCN(CC)C(=O)[C@H](NC(=O)c1ccc(OC)cc1)C1CCN(C(=O)NC(C)(C)C)CC1. The van der Waals surface area contributed by atoms with Crippen molar-refractivity contribution in [2.45, 2.75) is 59.0 Å². The first-order valence-corrected chi connectivity index (χ1v) is 11.4. The average molecular weight is 447 g/mol. The third-order valence-electron chi connectivity index (χ3n) is 5.76. The quantitative estimate of drug-likeness (QED) is 0.674. The molecule has 0 aromatic heterocycles. The molecule has 1 saturated heterocycles. The number of carbonyl (C=O) groups excluding carboxylic acids is 3. The topological polar surface area (TPSA) is 91.0 Å². The highest BCUT2D eigenvalue weighted by atomic mass is 16.5. The third kappa shape index (κ3) is 6.87. The van der Waals surface area contributed by atoms with Crippen LogP contribution in [0.1, 0.15) is 57.8 Å². The number of rotatable bonds is 7. The summed E-state index contributed by atoms with van der Waals surface area (Å²) in [5.74, 6) is 0.266. The van der Waals surface area contributed by atoms with E-state index in [9.17, 15) is 14.4 Å². The molecule has 0 radical (unpaired) electrons. The van der Waals surface area contributed by atoms with Crippen molar-refractivity contribution in [2.24, 2.45) is 5.92 Å². The van der Waals surface area contributed by atoms with Gasteiger partial charge < -0.3 is 25.2 Å². The molecule has 1 aliphatic rings. The van der Waals surface area contributed by atoms with Gasteiger partial charge in [-0.05, 0) is 77.6 Å². The molecule has 4 amide bonds. The van der Waals surface area contributed by atoms with Gasteiger partial charge in [0, 0.05) is 37.3 Å². The molecule has 8 nitrogen and oxygen atoms in total. The number of piperidine rings is 1. The molecular weight excluding hydrogens is 408 g/mol. The smallest absolute Gasteiger partial charge is 0.317 e. The first kappa shape index (κ1) is 25.5. The lowest BCUT2D eigenvalue weighted by molar-refractivity contribution is -0.134. The predicted molar refractivity (Wildman–Crippen MR) is 125 cm³/mol. The third-order valence-corrected chi connectivity index (χ3v) is 5.76. The van der Waals surface area contributed by atoms with Crippen molar-refractivity contribution in [3.63, 3.8) is 0 Å². The van der Waals surface area contributed by atoms with Gasteiger partial charge in [-0.25, -0.2) is 4.79 Å². The van der Waals surface area contributed by atoms with Crippen molar-refractivity contribution >= 4 is 17.8 Å². The molecule has 1 heterocycles. The number of nitrogens with zero attached hydrogens (tertiary/aromatic N) is 2. The summed E-state index contributed by atoms with van der Waals surface area (Å²) in [5.41, 5.74) is 0.173. The van der Waals surface area contributed by atoms with E-state index < -0.39 is 6.04 Å². The van der Waals surface area contributed by atoms with Crippen molar-refractivity contribution in [1.82, 2.24) is 20.4 Å². The summed E-state index contributed by atoms with van der Waals surface area (Å²) in [6.07, 6.45) is 1.30. The van der Waals surface area contributed by atoms with Crippen LogP contribution in [0.4, 0.5) is 4.79 Å². The molecule has 8 heteroatoms. The van der Waals surface area contributed by atoms with Gasteiger partial charge in [0.05, 0.1) is 7.11 Å². The summed E-state index contributed by atoms with van der Waals surface area (Å²) < 4.78 is 5.15. The lowest BCUT2D eigenvalue weighted by Gasteiger charge is -2.38. The van der Waals surface area contributed by atoms with E-state index in [-0.39, 0.29) is 29.3 Å². The Balaban J connectivity index is 2.13. The second kappa shape index (κ2) is 11.2. The molecule has 0 spiro atoms. The Morgan fingerprint density at radius 3 is 2.12 bits per heavy atom. The van der Waals surface area contributed by atoms with Crippen LogP contribution in [0.5, 0.6) is 5.75 Å². The maximum Gasteiger partial charge on any atom is 0.317 e. The van der Waals surface area contributed by atoms with E-state index in [1.54, 1.807) is 41.2 Å². The van der Waals surface area contributed by atoms with Crippen molar-refractivity contribution in [1.29, 1.82) is 0 Å². The molecule has 2 N–H and O–H groups in total. The Bertz CT molecular complexity index is 776. The van der Waals surface area contributed by atoms with Gasteiger partial charge in [-0.3, -0.25) is 9.59 Å². The van der Waals surface area contributed by atoms with Crippen LogP contribution in [0.3, 0.4) is 0 Å². The second-order valence-corrected chi connectivity index (χ2v) is 9.19. The minimum absolute atomic E-state index is 0.0380. The van der Waals surface area contributed by atoms with E-state index in [2.05, 4.69) is 10.6 Å². The molecule has 0 bridgehead atoms. The zero-order valence-corrected chi connectivity index (χ0v) is 20.2. The largest absolute Gasteiger partial charge is 0.497 e. The molecule has 0 saturated carbocycles. The number of hydrogen-bond donors (Lipinski definition) is 2. The number of methoxy groups -OCH3 is 1. The molecule has 1 aromatic rings. The van der Waals surface area contributed by atoms with Gasteiger partial charge in [-0.2, -0.15) is 0 Å². The van der Waals surface area contributed by atoms with Gasteiger partial charge >= 0.3 is 6.03 Å². The first-order valence-electron chi connectivity index (χ1n) is 11.4. The number of ether oxygens (including phenoxy) is 1. The van der Waals surface area contributed by atoms with Crippen LogP contribution in [0.25, 0.3) is 0 Å². The fourth-order valence-corrected chi connectivity index (χ4v) is 3.92. The fraction of sp³-hybridized carbons (Fsp3) is 0.625. The molecule has 1 aromatic carbocycles. The number of likely N-dealkylation sites (tertiary alicyclic amines) is 1. The van der Waals surface area contributed by atoms with Crippen LogP contribution >= 0.6 is 0 Å². The fourth-order valence-electron chi connectivity index (χ4n) is 3.92. The summed E-state index contributed by atoms with van der Waals surface area (Å²) in [5, 5.41) is 5.97. The Kier molecular flexibility index (Phi) is 8.92. The molecule has 178 valence electrons. The minimum Gasteiger partial charge on any atom is -0.497 e. The van der Waals surface area contributed by atoms with Gasteiger partial charge in [-0.1, -0.05) is 0 Å². The van der Waals surface area contributed by atoms with E-state index in [1.165, 1.54) is 0 Å². The van der Waals surface area contributed by atoms with E-state index in [0.29, 0.717) is 50.3 Å². The zero-order chi connectivity index (χ0) is 23.9. The van der Waals surface area contributed by atoms with Gasteiger partial charge in [0.1, 0.15) is 11.8 Å². The van der Waals surface area contributed by atoms with Crippen molar-refractivity contribution in [2.75, 3.05) is 33.3 Å². The van der Waals surface area contributed by atoms with E-state index in [0.717, 1.165) is 0 Å². The number of urea groups is 1. The Morgan fingerprint density at radius 1 is 1.09 bits per heavy atom. The number of nitrogens with one attached hydrogen (secondary N) is 2. The number of benzene rings is 1. The summed E-state index contributed by atoms with van der Waals surface area (Å²) in [6, 6.07) is 6.10. The molecule has 1 aliphatic heterocycles. The maximum atomic E-state index is 13.3. The van der Waals surface area contributed by atoms with Gasteiger partial charge in [0.2, 0.25) is 5.91 Å². The standard InChI is InChI=1S/C24H38N4O4/c1-7-27(8-2)22(30)20(25-21(29)18-9-11-19(32-6)12-10-18)17-13-15-28(16-14-17)23(31)26-24(3,4)5/h9-12,17,20H,7-8,13-16H2,1-6H3,(H,25,29)(H,26,31)/t20-/m1/s1. The van der Waals surface area contributed by atoms with E-state index in [1.807, 2.05) is 34.6 Å². The molecule has 0 unspecified atom stereocenters. The molecule has 1 atom stereocenters. The van der Waals surface area contributed by atoms with Crippen LogP contribution in [0.15, 0.2) is 24.3 Å². The van der Waals surface area contributed by atoms with Gasteiger partial charge in [0.15, 0.2) is 0 Å². The number of hydrogen-bond acceptors (Lipinski definition) is 4. The van der Waals surface area contributed by atoms with Crippen LogP contribution in [-0.4, -0.2) is 72.5 Å². The monoisotopic (exact) mass is 446 g/mol. The lowest BCUT2D eigenvalue weighted by atomic mass is 9.88. The number of likely N-dealkylation sites (N-methyl/N-ethyl adjacent to an activating group) is 1. The maximum absolute atomic E-state index is 13.3. The van der Waals surface area contributed by atoms with Crippen LogP contribution in [0.2, 0.25) is 0 Å². The normalized spacial score (nSPS) is 15.6. The van der Waals surface area contributed by atoms with Gasteiger partial charge in [-0.15, -0.1) is 0 Å². The highest BCUT2D eigenvalue weighted by molar-refractivity contribution is 5.97. The highest BCUT2D eigenvalue weighted by Crippen LogP contribution is 2.23. The molecule has 1 fully saturated rings. The minimum atomic E-state index is -0.627. The Labute approximate surface area is 191 Å². The molecular formula is C24H38N4O4. The van der Waals surface area contributed by atoms with Gasteiger partial charge in [0.25, 0.3) is 5.91 Å². The summed E-state index contributed by atoms with van der Waals surface area (Å²) in [6.45, 7) is 12.0. The Hall–Kier alpha value is -2.77. The lowest BCUT2D eigenvalue weighted by Crippen LogP contribution is -2.56. The average Bonchev–Trinajstić information content (AvgIpc) is 2.77. The number of amides is 4. The highest BCUT2D eigenvalue weighted by Gasteiger charge is 2.36. The van der Waals surface area contributed by atoms with E-state index in [4.69, 9.17) is 4.74 Å². The molecule has 0 aliphatic carbocycles. The first-order chi connectivity index (χ1) is 15.1. The molecule has 32 heavy (non-hydrogen) atoms. The van der Waals surface area contributed by atoms with E-state index >= 15 is 0 Å². The second-order valence-electron chi connectivity index (χ2n) is 9.19. The van der Waals surface area contributed by atoms with Crippen LogP contribution < -0.4 is 15.4 Å². The van der Waals surface area contributed by atoms with Crippen molar-refractivity contribution in [3.8, 4) is 5.75 Å². The predicted octanol–water partition coefficient (Wildman–Crippen LogP) is 2.88. The summed E-state index contributed by atoms with van der Waals surface area (Å²) in [7, 11) is 1.57. The van der Waals surface area contributed by atoms with Crippen LogP contribution in [0, 0.1) is 5.92 Å². The summed E-state index contributed by atoms with van der Waals surface area (Å²) >= 11 is 0. The summed E-state index contributed by atoms with van der Waals surface area (Å²) in [4.78, 5) is 42.2. The van der Waals surface area contributed by atoms with Crippen molar-refractivity contribution in [3.05, 3.63) is 29.8 Å². The Morgan fingerprint density at radius 2 is 1.66 bits per heavy atom. The van der Waals surface area contributed by atoms with Crippen LogP contribution in [-0.2, 0) is 4.79 Å². The zero-order valence-electron chi connectivity index (χ0n) is 20.2. The molecule has 2 rings (SSSR count). The number of carbonyl (C=O) groups is 3. The van der Waals surface area contributed by atoms with Crippen molar-refractivity contribution < 1.29 is 19.1 Å².